The van der Waals surface area contributed by atoms with Gasteiger partial charge in [0, 0.05) is 49.9 Å². The number of nitrogens with one attached hydrogen (secondary N) is 2. The van der Waals surface area contributed by atoms with Crippen molar-refractivity contribution in [2.24, 2.45) is 0 Å². The van der Waals surface area contributed by atoms with Crippen molar-refractivity contribution in [2.75, 3.05) is 21.0 Å². The molecule has 11 nitrogen and oxygen atoms in total. The van der Waals surface area contributed by atoms with E-state index in [2.05, 4.69) is 27.1 Å². The van der Waals surface area contributed by atoms with E-state index in [1.807, 2.05) is 32.0 Å². The molecule has 0 radical (unpaired) electrons. The van der Waals surface area contributed by atoms with Gasteiger partial charge < -0.3 is 24.4 Å². The van der Waals surface area contributed by atoms with Crippen molar-refractivity contribution in [3.63, 3.8) is 0 Å². The largest absolute Gasteiger partial charge is 0.497 e. The molecule has 2 fully saturated rings. The van der Waals surface area contributed by atoms with Crippen LogP contribution in [0.15, 0.2) is 83.8 Å². The number of carbonyl (C=O) groups excluding carboxylic acids is 2. The molecule has 2 bridgehead atoms. The van der Waals surface area contributed by atoms with Gasteiger partial charge in [0.15, 0.2) is 11.5 Å². The van der Waals surface area contributed by atoms with Crippen LogP contribution in [0.5, 0.6) is 17.2 Å². The molecule has 0 aliphatic carbocycles. The fraction of sp³-hybridized carbons (Fsp3) is 0.415. The molecule has 4 aromatic carbocycles. The quantitative estimate of drug-likeness (QED) is 0.169. The normalized spacial score (nSPS) is 19.0. The molecule has 0 saturated carbocycles. The van der Waals surface area contributed by atoms with Crippen molar-refractivity contribution in [1.29, 1.82) is 0 Å². The fourth-order valence-electron chi connectivity index (χ4n) is 7.85. The third kappa shape index (κ3) is 8.00. The van der Waals surface area contributed by atoms with Crippen molar-refractivity contribution in [3.8, 4) is 17.2 Å². The first kappa shape index (κ1) is 36.7. The fourth-order valence-corrected chi connectivity index (χ4v) is 9.30. The summed E-state index contributed by atoms with van der Waals surface area (Å²) in [7, 11) is -0.890. The molecule has 3 aliphatic rings. The molecule has 1 unspecified atom stereocenters. The van der Waals surface area contributed by atoms with E-state index in [-0.39, 0.29) is 36.5 Å². The summed E-state index contributed by atoms with van der Waals surface area (Å²) >= 11 is 0. The summed E-state index contributed by atoms with van der Waals surface area (Å²) in [6.45, 7) is 4.81. The van der Waals surface area contributed by atoms with Gasteiger partial charge in [-0.2, -0.15) is 0 Å². The topological polar surface area (TPSA) is 127 Å². The van der Waals surface area contributed by atoms with E-state index < -0.39 is 28.0 Å². The van der Waals surface area contributed by atoms with Crippen LogP contribution in [0.1, 0.15) is 68.7 Å². The number of methoxy groups -OCH3 is 1. The molecule has 2 saturated heterocycles. The van der Waals surface area contributed by atoms with Crippen molar-refractivity contribution in [3.05, 3.63) is 95.6 Å². The van der Waals surface area contributed by atoms with E-state index in [1.165, 1.54) is 37.3 Å². The predicted molar refractivity (Wildman–Crippen MR) is 202 cm³/mol. The molecule has 0 aromatic heterocycles. The number of sulfonamides is 1. The SMILES string of the molecule is COc1ccc2c(S(=O)(=O)NC(CC(=O)N[C@H](Cc3ccc(CN4C5CCC4CC5)cc3)C(=O)N(C)C(C)C)c3ccc4c(c3)OCO4)cccc2c1. The highest BCUT2D eigenvalue weighted by Gasteiger charge is 2.39. The molecular weight excluding hydrogens is 693 g/mol. The van der Waals surface area contributed by atoms with Gasteiger partial charge in [-0.3, -0.25) is 14.5 Å². The van der Waals surface area contributed by atoms with Crippen molar-refractivity contribution >= 4 is 32.6 Å². The number of hydrogen-bond donors (Lipinski definition) is 2. The monoisotopic (exact) mass is 740 g/mol. The molecular formula is C41H48N4O7S. The van der Waals surface area contributed by atoms with Crippen molar-refractivity contribution in [1.82, 2.24) is 19.8 Å². The number of fused-ring (bicyclic) bond motifs is 4. The number of benzene rings is 4. The highest BCUT2D eigenvalue weighted by atomic mass is 32.2. The molecule has 2 N–H and O–H groups in total. The lowest BCUT2D eigenvalue weighted by Crippen LogP contribution is -2.50. The van der Waals surface area contributed by atoms with Gasteiger partial charge in [-0.15, -0.1) is 0 Å². The average molecular weight is 741 g/mol. The molecule has 53 heavy (non-hydrogen) atoms. The standard InChI is InChI=1S/C41H48N4O7S/c1-26(2)44(3)41(47)36(20-27-8-10-28(11-9-27)24-45-31-13-14-32(45)16-15-31)42-40(46)23-35(30-12-19-37-38(22-30)52-25-51-37)43-53(48,49)39-7-5-6-29-21-33(50-4)17-18-34(29)39/h5-12,17-19,21-22,26,31-32,35-36,43H,13-16,20,23-25H2,1-4H3,(H,42,46)/t31?,32?,35?,36-/m1/s1. The van der Waals surface area contributed by atoms with Gasteiger partial charge in [-0.1, -0.05) is 42.5 Å². The first-order chi connectivity index (χ1) is 25.5. The first-order valence-corrected chi connectivity index (χ1v) is 19.9. The minimum Gasteiger partial charge on any atom is -0.497 e. The third-order valence-electron chi connectivity index (χ3n) is 11.0. The summed E-state index contributed by atoms with van der Waals surface area (Å²) < 4.78 is 47.4. The van der Waals surface area contributed by atoms with Gasteiger partial charge in [0.05, 0.1) is 18.0 Å². The molecule has 2 amide bonds. The summed E-state index contributed by atoms with van der Waals surface area (Å²) in [6, 6.07) is 23.0. The molecule has 0 spiro atoms. The van der Waals surface area contributed by atoms with Crippen molar-refractivity contribution in [2.45, 2.75) is 94.0 Å². The lowest BCUT2D eigenvalue weighted by Gasteiger charge is -2.28. The zero-order chi connectivity index (χ0) is 37.3. The minimum absolute atomic E-state index is 0.0442. The summed E-state index contributed by atoms with van der Waals surface area (Å²) in [4.78, 5) is 32.1. The lowest BCUT2D eigenvalue weighted by molar-refractivity contribution is -0.136. The highest BCUT2D eigenvalue weighted by Crippen LogP contribution is 2.39. The van der Waals surface area contributed by atoms with Gasteiger partial charge in [0.1, 0.15) is 11.8 Å². The predicted octanol–water partition coefficient (Wildman–Crippen LogP) is 5.71. The van der Waals surface area contributed by atoms with Crippen LogP contribution in [0, 0.1) is 0 Å². The molecule has 12 heteroatoms. The zero-order valence-electron chi connectivity index (χ0n) is 30.7. The molecule has 3 heterocycles. The van der Waals surface area contributed by atoms with Crippen LogP contribution in [0.3, 0.4) is 0 Å². The van der Waals surface area contributed by atoms with Gasteiger partial charge in [-0.25, -0.2) is 13.1 Å². The Labute approximate surface area is 311 Å². The maximum Gasteiger partial charge on any atom is 0.245 e. The summed E-state index contributed by atoms with van der Waals surface area (Å²) in [5.41, 5.74) is 2.68. The van der Waals surface area contributed by atoms with E-state index in [4.69, 9.17) is 14.2 Å². The Morgan fingerprint density at radius 2 is 1.60 bits per heavy atom. The Morgan fingerprint density at radius 3 is 2.30 bits per heavy atom. The second kappa shape index (κ2) is 15.4. The van der Waals surface area contributed by atoms with Crippen LogP contribution < -0.4 is 24.2 Å². The van der Waals surface area contributed by atoms with Gasteiger partial charge >= 0.3 is 0 Å². The highest BCUT2D eigenvalue weighted by molar-refractivity contribution is 7.89. The number of likely N-dealkylation sites (N-methyl/N-ethyl adjacent to an activating group) is 1. The summed E-state index contributed by atoms with van der Waals surface area (Å²) in [5.74, 6) is 0.889. The van der Waals surface area contributed by atoms with Crippen LogP contribution in [0.4, 0.5) is 0 Å². The Balaban J connectivity index is 1.12. The van der Waals surface area contributed by atoms with Crippen LogP contribution in [-0.4, -0.2) is 75.1 Å². The smallest absolute Gasteiger partial charge is 0.245 e. The molecule has 7 rings (SSSR count). The zero-order valence-corrected chi connectivity index (χ0v) is 31.5. The third-order valence-corrected chi connectivity index (χ3v) is 12.5. The molecule has 3 aliphatic heterocycles. The number of ether oxygens (including phenoxy) is 3. The number of rotatable bonds is 14. The number of amides is 2. The Kier molecular flexibility index (Phi) is 10.6. The average Bonchev–Trinajstić information content (AvgIpc) is 3.89. The molecule has 280 valence electrons. The molecule has 4 aromatic rings. The van der Waals surface area contributed by atoms with E-state index in [1.54, 1.807) is 61.5 Å². The van der Waals surface area contributed by atoms with Gasteiger partial charge in [0.2, 0.25) is 28.6 Å². The Morgan fingerprint density at radius 1 is 0.906 bits per heavy atom. The van der Waals surface area contributed by atoms with E-state index in [0.717, 1.165) is 12.1 Å². The van der Waals surface area contributed by atoms with E-state index >= 15 is 0 Å². The minimum atomic E-state index is -4.17. The van der Waals surface area contributed by atoms with Gasteiger partial charge in [-0.05, 0) is 98.0 Å². The maximum absolute atomic E-state index is 14.1. The van der Waals surface area contributed by atoms with Crippen LogP contribution in [0.2, 0.25) is 0 Å². The summed E-state index contributed by atoms with van der Waals surface area (Å²) in [5, 5.41) is 4.17. The Hall–Kier alpha value is -4.65. The van der Waals surface area contributed by atoms with Gasteiger partial charge in [0.25, 0.3) is 0 Å². The molecule has 2 atom stereocenters. The number of nitrogens with zero attached hydrogens (tertiary/aromatic N) is 2. The lowest BCUT2D eigenvalue weighted by atomic mass is 10.0. The van der Waals surface area contributed by atoms with Crippen molar-refractivity contribution < 1.29 is 32.2 Å². The first-order valence-electron chi connectivity index (χ1n) is 18.4. The number of carbonyl (C=O) groups is 2. The number of hydrogen-bond acceptors (Lipinski definition) is 8. The van der Waals surface area contributed by atoms with Crippen LogP contribution in [-0.2, 0) is 32.6 Å². The van der Waals surface area contributed by atoms with Crippen LogP contribution in [0.25, 0.3) is 10.8 Å². The Bertz CT molecular complexity index is 2070. The van der Waals surface area contributed by atoms with Crippen LogP contribution >= 0.6 is 0 Å². The maximum atomic E-state index is 14.1. The summed E-state index contributed by atoms with van der Waals surface area (Å²) in [6.07, 6.45) is 5.15. The second-order valence-corrected chi connectivity index (χ2v) is 16.3. The second-order valence-electron chi connectivity index (χ2n) is 14.7. The van der Waals surface area contributed by atoms with E-state index in [9.17, 15) is 18.0 Å². The van der Waals surface area contributed by atoms with E-state index in [0.29, 0.717) is 45.7 Å².